The van der Waals surface area contributed by atoms with Crippen LogP contribution in [-0.4, -0.2) is 15.4 Å². The van der Waals surface area contributed by atoms with Gasteiger partial charge in [0, 0.05) is 6.54 Å². The first-order chi connectivity index (χ1) is 6.07. The molecular formula is C9H13NO3. The van der Waals surface area contributed by atoms with E-state index >= 15 is 0 Å². The lowest BCUT2D eigenvalue weighted by Gasteiger charge is -2.10. The Morgan fingerprint density at radius 2 is 1.85 bits per heavy atom. The lowest BCUT2D eigenvalue weighted by molar-refractivity contribution is 0.161. The number of nitrogens with one attached hydrogen (secondary N) is 1. The van der Waals surface area contributed by atoms with Gasteiger partial charge in [-0.05, 0) is 36.6 Å². The van der Waals surface area contributed by atoms with Gasteiger partial charge in [-0.25, -0.2) is 5.48 Å². The van der Waals surface area contributed by atoms with Gasteiger partial charge in [0.2, 0.25) is 0 Å². The van der Waals surface area contributed by atoms with Crippen LogP contribution in [0.2, 0.25) is 0 Å². The average molecular weight is 183 g/mol. The third kappa shape index (κ3) is 1.74. The number of phenols is 2. The molecule has 0 aliphatic carbocycles. The average Bonchev–Trinajstić information content (AvgIpc) is 2.11. The van der Waals surface area contributed by atoms with Gasteiger partial charge in [-0.2, -0.15) is 0 Å². The first-order valence-electron chi connectivity index (χ1n) is 3.96. The second-order valence-electron chi connectivity index (χ2n) is 2.99. The van der Waals surface area contributed by atoms with E-state index in [-0.39, 0.29) is 18.0 Å². The van der Waals surface area contributed by atoms with Crippen LogP contribution in [0.3, 0.4) is 0 Å². The summed E-state index contributed by atoms with van der Waals surface area (Å²) in [5, 5.41) is 27.1. The van der Waals surface area contributed by atoms with Crippen molar-refractivity contribution in [3.8, 4) is 11.5 Å². The van der Waals surface area contributed by atoms with Crippen LogP contribution >= 0.6 is 0 Å². The van der Waals surface area contributed by atoms with Crippen molar-refractivity contribution in [2.75, 3.05) is 0 Å². The van der Waals surface area contributed by atoms with E-state index in [4.69, 9.17) is 5.21 Å². The molecule has 0 aromatic heterocycles. The van der Waals surface area contributed by atoms with Crippen molar-refractivity contribution in [1.82, 2.24) is 5.48 Å². The van der Waals surface area contributed by atoms with Crippen LogP contribution in [-0.2, 0) is 6.54 Å². The van der Waals surface area contributed by atoms with Gasteiger partial charge in [0.25, 0.3) is 0 Å². The Hall–Kier alpha value is -1.26. The summed E-state index contributed by atoms with van der Waals surface area (Å²) in [6.07, 6.45) is 0. The molecule has 1 aromatic carbocycles. The Labute approximate surface area is 76.4 Å². The topological polar surface area (TPSA) is 72.7 Å². The van der Waals surface area contributed by atoms with E-state index in [1.165, 1.54) is 6.07 Å². The number of phenolic OH excluding ortho intramolecular Hbond substituents is 2. The zero-order valence-corrected chi connectivity index (χ0v) is 7.63. The monoisotopic (exact) mass is 183 g/mol. The lowest BCUT2D eigenvalue weighted by Crippen LogP contribution is -2.08. The molecule has 1 aromatic rings. The Balaban J connectivity index is 3.24. The molecule has 0 unspecified atom stereocenters. The smallest absolute Gasteiger partial charge is 0.160 e. The van der Waals surface area contributed by atoms with Crippen LogP contribution in [0.1, 0.15) is 16.7 Å². The lowest BCUT2D eigenvalue weighted by atomic mass is 10.0. The molecule has 0 amide bonds. The largest absolute Gasteiger partial charge is 0.504 e. The molecule has 72 valence electrons. The van der Waals surface area contributed by atoms with Crippen LogP contribution in [0.4, 0.5) is 0 Å². The normalized spacial score (nSPS) is 10.4. The highest BCUT2D eigenvalue weighted by atomic mass is 16.5. The summed E-state index contributed by atoms with van der Waals surface area (Å²) < 4.78 is 0. The van der Waals surface area contributed by atoms with Gasteiger partial charge in [0.05, 0.1) is 0 Å². The zero-order chi connectivity index (χ0) is 10.0. The molecule has 0 heterocycles. The Morgan fingerprint density at radius 1 is 1.23 bits per heavy atom. The van der Waals surface area contributed by atoms with Crippen molar-refractivity contribution in [3.63, 3.8) is 0 Å². The van der Waals surface area contributed by atoms with Crippen molar-refractivity contribution >= 4 is 0 Å². The fourth-order valence-corrected chi connectivity index (χ4v) is 1.22. The van der Waals surface area contributed by atoms with E-state index in [0.29, 0.717) is 5.56 Å². The summed E-state index contributed by atoms with van der Waals surface area (Å²) >= 11 is 0. The van der Waals surface area contributed by atoms with E-state index < -0.39 is 0 Å². The van der Waals surface area contributed by atoms with Gasteiger partial charge >= 0.3 is 0 Å². The molecule has 0 spiro atoms. The van der Waals surface area contributed by atoms with Gasteiger partial charge in [0.15, 0.2) is 11.5 Å². The van der Waals surface area contributed by atoms with Crippen LogP contribution in [0.15, 0.2) is 6.07 Å². The van der Waals surface area contributed by atoms with E-state index in [9.17, 15) is 10.2 Å². The van der Waals surface area contributed by atoms with Gasteiger partial charge in [0.1, 0.15) is 0 Å². The maximum Gasteiger partial charge on any atom is 0.160 e. The number of hydrogen-bond acceptors (Lipinski definition) is 4. The minimum absolute atomic E-state index is 0.0980. The standard InChI is InChI=1S/C9H13NO3/c1-5-6(2)9(12)8(11)3-7(5)4-10-13/h3,10-13H,4H2,1-2H3. The summed E-state index contributed by atoms with van der Waals surface area (Å²) in [4.78, 5) is 0. The Bertz CT molecular complexity index is 323. The quantitative estimate of drug-likeness (QED) is 0.410. The summed E-state index contributed by atoms with van der Waals surface area (Å²) in [6.45, 7) is 3.78. The van der Waals surface area contributed by atoms with Crippen molar-refractivity contribution in [2.45, 2.75) is 20.4 Å². The summed E-state index contributed by atoms with van der Waals surface area (Å²) in [6, 6.07) is 1.43. The predicted molar refractivity (Wildman–Crippen MR) is 47.9 cm³/mol. The van der Waals surface area contributed by atoms with Gasteiger partial charge in [-0.3, -0.25) is 0 Å². The third-order valence-corrected chi connectivity index (χ3v) is 2.22. The summed E-state index contributed by atoms with van der Waals surface area (Å²) in [5.74, 6) is -0.257. The number of hydroxylamine groups is 1. The molecule has 1 rings (SSSR count). The van der Waals surface area contributed by atoms with Crippen molar-refractivity contribution in [3.05, 3.63) is 22.8 Å². The van der Waals surface area contributed by atoms with Crippen molar-refractivity contribution in [2.24, 2.45) is 0 Å². The minimum Gasteiger partial charge on any atom is -0.504 e. The molecule has 13 heavy (non-hydrogen) atoms. The highest BCUT2D eigenvalue weighted by Gasteiger charge is 2.10. The number of hydrogen-bond donors (Lipinski definition) is 4. The number of aromatic hydroxyl groups is 2. The van der Waals surface area contributed by atoms with Crippen molar-refractivity contribution < 1.29 is 15.4 Å². The fraction of sp³-hybridized carbons (Fsp3) is 0.333. The highest BCUT2D eigenvalue weighted by molar-refractivity contribution is 5.51. The molecule has 4 nitrogen and oxygen atoms in total. The molecule has 0 aliphatic heterocycles. The Morgan fingerprint density at radius 3 is 2.38 bits per heavy atom. The number of rotatable bonds is 2. The molecule has 0 bridgehead atoms. The first kappa shape index (κ1) is 9.83. The second kappa shape index (κ2) is 3.64. The van der Waals surface area contributed by atoms with Crippen molar-refractivity contribution in [1.29, 1.82) is 0 Å². The van der Waals surface area contributed by atoms with E-state index in [1.54, 1.807) is 6.92 Å². The van der Waals surface area contributed by atoms with Crippen LogP contribution in [0.5, 0.6) is 11.5 Å². The fourth-order valence-electron chi connectivity index (χ4n) is 1.22. The van der Waals surface area contributed by atoms with Crippen LogP contribution in [0.25, 0.3) is 0 Å². The molecular weight excluding hydrogens is 170 g/mol. The predicted octanol–water partition coefficient (Wildman–Crippen LogP) is 1.19. The molecule has 0 fully saturated rings. The third-order valence-electron chi connectivity index (χ3n) is 2.22. The molecule has 4 heteroatoms. The molecule has 0 saturated carbocycles. The van der Waals surface area contributed by atoms with Crippen LogP contribution in [0, 0.1) is 13.8 Å². The highest BCUT2D eigenvalue weighted by Crippen LogP contribution is 2.32. The molecule has 4 N–H and O–H groups in total. The Kier molecular flexibility index (Phi) is 2.75. The second-order valence-corrected chi connectivity index (χ2v) is 2.99. The summed E-state index contributed by atoms with van der Waals surface area (Å²) in [7, 11) is 0. The summed E-state index contributed by atoms with van der Waals surface area (Å²) in [5.41, 5.74) is 4.25. The SMILES string of the molecule is Cc1c(CNO)cc(O)c(O)c1C. The zero-order valence-electron chi connectivity index (χ0n) is 7.63. The molecule has 0 saturated heterocycles. The van der Waals surface area contributed by atoms with E-state index in [1.807, 2.05) is 12.4 Å². The molecule has 0 atom stereocenters. The number of benzene rings is 1. The van der Waals surface area contributed by atoms with Gasteiger partial charge in [-0.15, -0.1) is 0 Å². The molecule has 0 radical (unpaired) electrons. The maximum absolute atomic E-state index is 9.35. The van der Waals surface area contributed by atoms with Crippen LogP contribution < -0.4 is 5.48 Å². The first-order valence-corrected chi connectivity index (χ1v) is 3.96. The van der Waals surface area contributed by atoms with Gasteiger partial charge in [-0.1, -0.05) is 0 Å². The van der Waals surface area contributed by atoms with E-state index in [2.05, 4.69) is 0 Å². The van der Waals surface area contributed by atoms with E-state index in [0.717, 1.165) is 11.1 Å². The molecule has 0 aliphatic rings. The minimum atomic E-state index is -0.159. The maximum atomic E-state index is 9.35. The van der Waals surface area contributed by atoms with Gasteiger partial charge < -0.3 is 15.4 Å².